The summed E-state index contributed by atoms with van der Waals surface area (Å²) in [7, 11) is 0. The van der Waals surface area contributed by atoms with Gasteiger partial charge in [-0.25, -0.2) is 8.78 Å². The van der Waals surface area contributed by atoms with Crippen molar-refractivity contribution in [2.75, 3.05) is 11.4 Å². The van der Waals surface area contributed by atoms with Crippen LogP contribution in [0, 0.1) is 11.6 Å². The molecule has 0 bridgehead atoms. The zero-order valence-corrected chi connectivity index (χ0v) is 17.9. The van der Waals surface area contributed by atoms with Gasteiger partial charge in [0, 0.05) is 30.3 Å². The average Bonchev–Trinajstić information content (AvgIpc) is 3.50. The standard InChI is InChI=1S/C25H19F2N3O4/c26-21-12-11-20(14-22(21)27)33-19-7-3-16(4-8-19)25-28-23(34-29-25)15-32-18-9-5-17(6-10-18)30-13-1-2-24(30)31/h3-12,14H,1-2,13,15H2. The number of anilines is 1. The normalized spacial score (nSPS) is 13.4. The Hall–Kier alpha value is -4.27. The Morgan fingerprint density at radius 1 is 0.912 bits per heavy atom. The molecule has 172 valence electrons. The Morgan fingerprint density at radius 3 is 2.35 bits per heavy atom. The van der Waals surface area contributed by atoms with Gasteiger partial charge in [0.15, 0.2) is 18.2 Å². The zero-order valence-electron chi connectivity index (χ0n) is 17.9. The van der Waals surface area contributed by atoms with Gasteiger partial charge in [0.25, 0.3) is 5.89 Å². The van der Waals surface area contributed by atoms with Crippen LogP contribution in [0.2, 0.25) is 0 Å². The Morgan fingerprint density at radius 2 is 1.65 bits per heavy atom. The molecule has 4 aromatic rings. The highest BCUT2D eigenvalue weighted by Gasteiger charge is 2.21. The summed E-state index contributed by atoms with van der Waals surface area (Å²) in [6.07, 6.45) is 1.46. The van der Waals surface area contributed by atoms with Crippen LogP contribution in [0.15, 0.2) is 71.3 Å². The average molecular weight is 463 g/mol. The first-order valence-corrected chi connectivity index (χ1v) is 10.6. The molecular weight excluding hydrogens is 444 g/mol. The van der Waals surface area contributed by atoms with Crippen molar-refractivity contribution in [3.63, 3.8) is 0 Å². The highest BCUT2D eigenvalue weighted by Crippen LogP contribution is 2.27. The predicted octanol–water partition coefficient (Wildman–Crippen LogP) is 5.51. The van der Waals surface area contributed by atoms with E-state index in [2.05, 4.69) is 10.1 Å². The van der Waals surface area contributed by atoms with E-state index in [1.54, 1.807) is 41.3 Å². The van der Waals surface area contributed by atoms with E-state index < -0.39 is 11.6 Å². The second-order valence-corrected chi connectivity index (χ2v) is 7.65. The van der Waals surface area contributed by atoms with Gasteiger partial charge < -0.3 is 18.9 Å². The number of rotatable bonds is 7. The van der Waals surface area contributed by atoms with Crippen LogP contribution in [0.25, 0.3) is 11.4 Å². The predicted molar refractivity (Wildman–Crippen MR) is 119 cm³/mol. The molecule has 0 aliphatic carbocycles. The molecule has 7 nitrogen and oxygen atoms in total. The molecule has 0 saturated carbocycles. The number of carbonyl (C=O) groups excluding carboxylic acids is 1. The lowest BCUT2D eigenvalue weighted by Crippen LogP contribution is -2.23. The van der Waals surface area contributed by atoms with Gasteiger partial charge in [0.2, 0.25) is 11.7 Å². The molecule has 3 aromatic carbocycles. The maximum Gasteiger partial charge on any atom is 0.264 e. The highest BCUT2D eigenvalue weighted by molar-refractivity contribution is 5.95. The first-order chi connectivity index (χ1) is 16.5. The lowest BCUT2D eigenvalue weighted by Gasteiger charge is -2.15. The fourth-order valence-electron chi connectivity index (χ4n) is 3.57. The van der Waals surface area contributed by atoms with Crippen molar-refractivity contribution in [3.8, 4) is 28.6 Å². The van der Waals surface area contributed by atoms with Crippen LogP contribution in [-0.4, -0.2) is 22.6 Å². The monoisotopic (exact) mass is 463 g/mol. The molecule has 5 rings (SSSR count). The molecular formula is C25H19F2N3O4. The summed E-state index contributed by atoms with van der Waals surface area (Å²) in [4.78, 5) is 17.9. The van der Waals surface area contributed by atoms with Crippen molar-refractivity contribution >= 4 is 11.6 Å². The Labute approximate surface area is 193 Å². The van der Waals surface area contributed by atoms with Crippen molar-refractivity contribution < 1.29 is 27.6 Å². The third-order valence-corrected chi connectivity index (χ3v) is 5.29. The number of hydrogen-bond acceptors (Lipinski definition) is 6. The van der Waals surface area contributed by atoms with Crippen molar-refractivity contribution in [2.24, 2.45) is 0 Å². The van der Waals surface area contributed by atoms with Crippen LogP contribution in [-0.2, 0) is 11.4 Å². The second kappa shape index (κ2) is 9.30. The van der Waals surface area contributed by atoms with Crippen LogP contribution in [0.4, 0.5) is 14.5 Å². The molecule has 34 heavy (non-hydrogen) atoms. The molecule has 1 aromatic heterocycles. The number of hydrogen-bond donors (Lipinski definition) is 0. The summed E-state index contributed by atoms with van der Waals surface area (Å²) in [5.41, 5.74) is 1.54. The van der Waals surface area contributed by atoms with Crippen molar-refractivity contribution in [2.45, 2.75) is 19.4 Å². The number of nitrogens with zero attached hydrogens (tertiary/aromatic N) is 3. The maximum absolute atomic E-state index is 13.3. The Bertz CT molecular complexity index is 1310. The van der Waals surface area contributed by atoms with Gasteiger partial charge in [-0.05, 0) is 67.1 Å². The topological polar surface area (TPSA) is 77.7 Å². The summed E-state index contributed by atoms with van der Waals surface area (Å²) >= 11 is 0. The molecule has 0 spiro atoms. The van der Waals surface area contributed by atoms with Crippen LogP contribution < -0.4 is 14.4 Å². The van der Waals surface area contributed by atoms with Crippen LogP contribution in [0.5, 0.6) is 17.2 Å². The number of aromatic nitrogens is 2. The summed E-state index contributed by atoms with van der Waals surface area (Å²) < 4.78 is 42.9. The molecule has 0 unspecified atom stereocenters. The largest absolute Gasteiger partial charge is 0.484 e. The fraction of sp³-hybridized carbons (Fsp3) is 0.160. The Balaban J connectivity index is 1.18. The van der Waals surface area contributed by atoms with Gasteiger partial charge in [-0.1, -0.05) is 5.16 Å². The van der Waals surface area contributed by atoms with Crippen molar-refractivity contribution in [1.82, 2.24) is 10.1 Å². The van der Waals surface area contributed by atoms with Gasteiger partial charge in [-0.3, -0.25) is 4.79 Å². The van der Waals surface area contributed by atoms with Gasteiger partial charge in [-0.2, -0.15) is 4.98 Å². The van der Waals surface area contributed by atoms with E-state index in [0.29, 0.717) is 35.2 Å². The molecule has 1 aliphatic heterocycles. The molecule has 1 fully saturated rings. The van der Waals surface area contributed by atoms with Crippen molar-refractivity contribution in [3.05, 3.63) is 84.3 Å². The third-order valence-electron chi connectivity index (χ3n) is 5.29. The number of amides is 1. The number of carbonyl (C=O) groups is 1. The maximum atomic E-state index is 13.3. The van der Waals surface area contributed by atoms with Gasteiger partial charge in [0.05, 0.1) is 0 Å². The van der Waals surface area contributed by atoms with Gasteiger partial charge in [0.1, 0.15) is 17.2 Å². The lowest BCUT2D eigenvalue weighted by atomic mass is 10.2. The summed E-state index contributed by atoms with van der Waals surface area (Å²) in [5, 5.41) is 3.97. The van der Waals surface area contributed by atoms with Crippen LogP contribution in [0.1, 0.15) is 18.7 Å². The summed E-state index contributed by atoms with van der Waals surface area (Å²) in [6.45, 7) is 0.827. The second-order valence-electron chi connectivity index (χ2n) is 7.65. The van der Waals surface area contributed by atoms with Crippen molar-refractivity contribution in [1.29, 1.82) is 0 Å². The first-order valence-electron chi connectivity index (χ1n) is 10.6. The molecule has 0 N–H and O–H groups in total. The highest BCUT2D eigenvalue weighted by atomic mass is 19.2. The minimum absolute atomic E-state index is 0.0896. The van der Waals surface area contributed by atoms with Gasteiger partial charge >= 0.3 is 0 Å². The van der Waals surface area contributed by atoms with Gasteiger partial charge in [-0.15, -0.1) is 0 Å². The molecule has 1 saturated heterocycles. The van der Waals surface area contributed by atoms with E-state index in [1.165, 1.54) is 6.07 Å². The molecule has 0 atom stereocenters. The molecule has 1 aliphatic rings. The number of benzene rings is 3. The minimum atomic E-state index is -0.978. The molecule has 0 radical (unpaired) electrons. The zero-order chi connectivity index (χ0) is 23.5. The molecule has 9 heteroatoms. The van der Waals surface area contributed by atoms with E-state index >= 15 is 0 Å². The Kier molecular flexibility index (Phi) is 5.90. The summed E-state index contributed by atoms with van der Waals surface area (Å²) in [5.74, 6) is 0.150. The molecule has 2 heterocycles. The van der Waals surface area contributed by atoms with Crippen LogP contribution >= 0.6 is 0 Å². The smallest absolute Gasteiger partial charge is 0.264 e. The van der Waals surface area contributed by atoms with E-state index in [4.69, 9.17) is 14.0 Å². The van der Waals surface area contributed by atoms with E-state index in [-0.39, 0.29) is 18.3 Å². The number of halogens is 2. The molecule has 1 amide bonds. The van der Waals surface area contributed by atoms with Crippen LogP contribution in [0.3, 0.4) is 0 Å². The number of ether oxygens (including phenoxy) is 2. The lowest BCUT2D eigenvalue weighted by molar-refractivity contribution is -0.117. The summed E-state index contributed by atoms with van der Waals surface area (Å²) in [6, 6.07) is 17.4. The SMILES string of the molecule is O=C1CCCN1c1ccc(OCc2nc(-c3ccc(Oc4ccc(F)c(F)c4)cc3)no2)cc1. The third kappa shape index (κ3) is 4.73. The quantitative estimate of drug-likeness (QED) is 0.360. The first kappa shape index (κ1) is 21.6. The van der Waals surface area contributed by atoms with E-state index in [0.717, 1.165) is 30.8 Å². The fourth-order valence-corrected chi connectivity index (χ4v) is 3.57. The van der Waals surface area contributed by atoms with E-state index in [9.17, 15) is 13.6 Å². The minimum Gasteiger partial charge on any atom is -0.484 e. The van der Waals surface area contributed by atoms with E-state index in [1.807, 2.05) is 12.1 Å².